The SMILES string of the molecule is COc1ccc(Nc2nc(N)nc3c2ncn3C2OC(CO)C(O)C2O)cc1. The lowest BCUT2D eigenvalue weighted by Crippen LogP contribution is -2.33. The molecule has 2 aromatic heterocycles. The van der Waals surface area contributed by atoms with E-state index in [1.165, 1.54) is 10.9 Å². The van der Waals surface area contributed by atoms with E-state index in [0.717, 1.165) is 5.69 Å². The van der Waals surface area contributed by atoms with Crippen molar-refractivity contribution in [1.29, 1.82) is 0 Å². The van der Waals surface area contributed by atoms with E-state index in [9.17, 15) is 15.3 Å². The Morgan fingerprint density at radius 2 is 1.96 bits per heavy atom. The maximum absolute atomic E-state index is 10.3. The zero-order chi connectivity index (χ0) is 19.8. The maximum atomic E-state index is 10.3. The van der Waals surface area contributed by atoms with Crippen LogP contribution in [0.5, 0.6) is 5.75 Å². The number of rotatable bonds is 5. The average Bonchev–Trinajstić information content (AvgIpc) is 3.23. The highest BCUT2D eigenvalue weighted by Gasteiger charge is 2.44. The van der Waals surface area contributed by atoms with Gasteiger partial charge in [0.1, 0.15) is 24.1 Å². The number of ether oxygens (including phenoxy) is 2. The molecule has 0 spiro atoms. The summed E-state index contributed by atoms with van der Waals surface area (Å²) >= 11 is 0. The van der Waals surface area contributed by atoms with Crippen LogP contribution < -0.4 is 15.8 Å². The Morgan fingerprint density at radius 3 is 2.61 bits per heavy atom. The number of benzene rings is 1. The van der Waals surface area contributed by atoms with Crippen LogP contribution in [0.1, 0.15) is 6.23 Å². The number of nitrogens with one attached hydrogen (secondary N) is 1. The van der Waals surface area contributed by atoms with E-state index in [4.69, 9.17) is 15.2 Å². The first-order chi connectivity index (χ1) is 13.5. The van der Waals surface area contributed by atoms with Crippen LogP contribution in [-0.4, -0.2) is 66.9 Å². The van der Waals surface area contributed by atoms with Crippen molar-refractivity contribution in [2.45, 2.75) is 24.5 Å². The third-order valence-electron chi connectivity index (χ3n) is 4.58. The Balaban J connectivity index is 1.70. The van der Waals surface area contributed by atoms with Gasteiger partial charge in [0.25, 0.3) is 0 Å². The lowest BCUT2D eigenvalue weighted by molar-refractivity contribution is -0.0511. The number of aliphatic hydroxyl groups is 3. The van der Waals surface area contributed by atoms with Crippen molar-refractivity contribution in [1.82, 2.24) is 19.5 Å². The number of nitrogens with two attached hydrogens (primary N) is 1. The molecular weight excluding hydrogens is 368 g/mol. The molecule has 3 aromatic rings. The minimum absolute atomic E-state index is 0.00277. The molecule has 0 radical (unpaired) electrons. The van der Waals surface area contributed by atoms with Crippen LogP contribution in [0.15, 0.2) is 30.6 Å². The first-order valence-corrected chi connectivity index (χ1v) is 8.55. The second-order valence-electron chi connectivity index (χ2n) is 6.34. The molecular formula is C17H20N6O5. The molecule has 4 rings (SSSR count). The molecule has 0 aliphatic carbocycles. The quantitative estimate of drug-likeness (QED) is 0.395. The van der Waals surface area contributed by atoms with E-state index < -0.39 is 31.1 Å². The monoisotopic (exact) mass is 388 g/mol. The number of imidazole rings is 1. The normalized spacial score (nSPS) is 24.6. The van der Waals surface area contributed by atoms with Crippen molar-refractivity contribution in [2.75, 3.05) is 24.8 Å². The van der Waals surface area contributed by atoms with Gasteiger partial charge in [0.2, 0.25) is 5.95 Å². The molecule has 1 aliphatic rings. The predicted molar refractivity (Wildman–Crippen MR) is 99.0 cm³/mol. The molecule has 3 heterocycles. The Bertz CT molecular complexity index is 978. The smallest absolute Gasteiger partial charge is 0.224 e. The van der Waals surface area contributed by atoms with Crippen LogP contribution in [0, 0.1) is 0 Å². The van der Waals surface area contributed by atoms with Gasteiger partial charge in [-0.2, -0.15) is 9.97 Å². The second-order valence-corrected chi connectivity index (χ2v) is 6.34. The molecule has 11 nitrogen and oxygen atoms in total. The van der Waals surface area contributed by atoms with E-state index >= 15 is 0 Å². The zero-order valence-electron chi connectivity index (χ0n) is 14.9. The van der Waals surface area contributed by atoms with Crippen LogP contribution >= 0.6 is 0 Å². The highest BCUT2D eigenvalue weighted by atomic mass is 16.6. The summed E-state index contributed by atoms with van der Waals surface area (Å²) < 4.78 is 12.1. The first-order valence-electron chi connectivity index (χ1n) is 8.55. The highest BCUT2D eigenvalue weighted by molar-refractivity contribution is 5.86. The van der Waals surface area contributed by atoms with Gasteiger partial charge in [-0.25, -0.2) is 4.98 Å². The molecule has 11 heteroatoms. The molecule has 1 saturated heterocycles. The molecule has 4 atom stereocenters. The Labute approximate surface area is 159 Å². The fraction of sp³-hybridized carbons (Fsp3) is 0.353. The minimum Gasteiger partial charge on any atom is -0.497 e. The zero-order valence-corrected chi connectivity index (χ0v) is 14.9. The number of aliphatic hydroxyl groups excluding tert-OH is 3. The van der Waals surface area contributed by atoms with Crippen molar-refractivity contribution in [2.24, 2.45) is 0 Å². The molecule has 28 heavy (non-hydrogen) atoms. The summed E-state index contributed by atoms with van der Waals surface area (Å²) in [5.74, 6) is 1.08. The number of hydrogen-bond donors (Lipinski definition) is 5. The van der Waals surface area contributed by atoms with Gasteiger partial charge >= 0.3 is 0 Å². The summed E-state index contributed by atoms with van der Waals surface area (Å²) in [5, 5.41) is 32.7. The topological polar surface area (TPSA) is 161 Å². The van der Waals surface area contributed by atoms with Crippen LogP contribution in [0.3, 0.4) is 0 Å². The van der Waals surface area contributed by atoms with Gasteiger partial charge in [0.05, 0.1) is 20.0 Å². The number of nitrogen functional groups attached to an aromatic ring is 1. The number of nitrogens with zero attached hydrogens (tertiary/aromatic N) is 4. The van der Waals surface area contributed by atoms with Crippen molar-refractivity contribution in [3.8, 4) is 5.75 Å². The second kappa shape index (κ2) is 7.20. The van der Waals surface area contributed by atoms with Gasteiger partial charge < -0.3 is 35.8 Å². The fourth-order valence-corrected chi connectivity index (χ4v) is 3.13. The van der Waals surface area contributed by atoms with Crippen LogP contribution in [0.25, 0.3) is 11.2 Å². The molecule has 6 N–H and O–H groups in total. The molecule has 1 aliphatic heterocycles. The van der Waals surface area contributed by atoms with Gasteiger partial charge in [-0.15, -0.1) is 0 Å². The Morgan fingerprint density at radius 1 is 1.21 bits per heavy atom. The molecule has 0 bridgehead atoms. The Hall–Kier alpha value is -2.99. The standard InChI is InChI=1S/C17H20N6O5/c1-27-9-4-2-8(3-5-9)20-14-11-15(22-17(18)21-14)23(7-19-11)16-13(26)12(25)10(6-24)28-16/h2-5,7,10,12-13,16,24-26H,6H2,1H3,(H3,18,20,21,22). The minimum atomic E-state index is -1.26. The van der Waals surface area contributed by atoms with Gasteiger partial charge in [0.15, 0.2) is 23.2 Å². The summed E-state index contributed by atoms with van der Waals surface area (Å²) in [4.78, 5) is 12.7. The van der Waals surface area contributed by atoms with Crippen molar-refractivity contribution in [3.05, 3.63) is 30.6 Å². The summed E-state index contributed by atoms with van der Waals surface area (Å²) in [6, 6.07) is 7.21. The van der Waals surface area contributed by atoms with Crippen molar-refractivity contribution in [3.63, 3.8) is 0 Å². The van der Waals surface area contributed by atoms with Gasteiger partial charge in [-0.05, 0) is 24.3 Å². The molecule has 1 aromatic carbocycles. The van der Waals surface area contributed by atoms with E-state index in [0.29, 0.717) is 22.7 Å². The average molecular weight is 388 g/mol. The number of fused-ring (bicyclic) bond motifs is 1. The van der Waals surface area contributed by atoms with E-state index in [1.54, 1.807) is 19.2 Å². The van der Waals surface area contributed by atoms with E-state index in [2.05, 4.69) is 20.3 Å². The molecule has 1 fully saturated rings. The summed E-state index contributed by atoms with van der Waals surface area (Å²) in [6.45, 7) is -0.428. The lowest BCUT2D eigenvalue weighted by Gasteiger charge is -2.16. The highest BCUT2D eigenvalue weighted by Crippen LogP contribution is 2.33. The number of anilines is 3. The Kier molecular flexibility index (Phi) is 4.73. The van der Waals surface area contributed by atoms with E-state index in [1.807, 2.05) is 12.1 Å². The number of hydrogen-bond acceptors (Lipinski definition) is 10. The van der Waals surface area contributed by atoms with Gasteiger partial charge in [-0.3, -0.25) is 4.57 Å². The third-order valence-corrected chi connectivity index (χ3v) is 4.58. The largest absolute Gasteiger partial charge is 0.497 e. The molecule has 4 unspecified atom stereocenters. The molecule has 0 amide bonds. The van der Waals surface area contributed by atoms with Crippen LogP contribution in [0.2, 0.25) is 0 Å². The third kappa shape index (κ3) is 3.10. The fourth-order valence-electron chi connectivity index (χ4n) is 3.13. The number of methoxy groups -OCH3 is 1. The summed E-state index contributed by atoms with van der Waals surface area (Å²) in [5.41, 5.74) is 7.31. The predicted octanol–water partition coefficient (Wildman–Crippen LogP) is -0.228. The van der Waals surface area contributed by atoms with Gasteiger partial charge in [-0.1, -0.05) is 0 Å². The number of aromatic nitrogens is 4. The van der Waals surface area contributed by atoms with Gasteiger partial charge in [0, 0.05) is 5.69 Å². The van der Waals surface area contributed by atoms with Crippen molar-refractivity contribution < 1.29 is 24.8 Å². The van der Waals surface area contributed by atoms with Crippen LogP contribution in [0.4, 0.5) is 17.5 Å². The van der Waals surface area contributed by atoms with Crippen molar-refractivity contribution >= 4 is 28.6 Å². The summed E-state index contributed by atoms with van der Waals surface area (Å²) in [7, 11) is 1.58. The molecule has 148 valence electrons. The summed E-state index contributed by atoms with van der Waals surface area (Å²) in [6.07, 6.45) is -2.96. The lowest BCUT2D eigenvalue weighted by atomic mass is 10.1. The van der Waals surface area contributed by atoms with Crippen LogP contribution in [-0.2, 0) is 4.74 Å². The van der Waals surface area contributed by atoms with E-state index in [-0.39, 0.29) is 5.95 Å². The maximum Gasteiger partial charge on any atom is 0.224 e. The molecule has 0 saturated carbocycles. The first kappa shape index (κ1) is 18.4.